The number of aryl methyl sites for hydroxylation is 1. The minimum atomic E-state index is 0.0687. The number of hydrogen-bond donors (Lipinski definition) is 1. The highest BCUT2D eigenvalue weighted by Crippen LogP contribution is 2.31. The predicted molar refractivity (Wildman–Crippen MR) is 90.4 cm³/mol. The third kappa shape index (κ3) is 3.02. The average molecular weight is 336 g/mol. The molecule has 2 heterocycles. The van der Waals surface area contributed by atoms with Gasteiger partial charge in [0.2, 0.25) is 0 Å². The molecule has 1 amide bonds. The van der Waals surface area contributed by atoms with Gasteiger partial charge in [-0.15, -0.1) is 11.3 Å². The molecule has 22 heavy (non-hydrogen) atoms. The number of benzene rings is 1. The number of rotatable bonds is 3. The highest BCUT2D eigenvalue weighted by Gasteiger charge is 2.28. The van der Waals surface area contributed by atoms with Crippen molar-refractivity contribution in [1.82, 2.24) is 9.88 Å². The third-order valence-corrected chi connectivity index (χ3v) is 5.40. The second-order valence-electron chi connectivity index (χ2n) is 5.59. The second kappa shape index (κ2) is 6.36. The fourth-order valence-electron chi connectivity index (χ4n) is 2.69. The van der Waals surface area contributed by atoms with Gasteiger partial charge in [-0.1, -0.05) is 23.7 Å². The topological polar surface area (TPSA) is 59.2 Å². The van der Waals surface area contributed by atoms with E-state index in [9.17, 15) is 4.79 Å². The first-order chi connectivity index (χ1) is 10.6. The number of carbonyl (C=O) groups is 1. The van der Waals surface area contributed by atoms with Gasteiger partial charge in [0.15, 0.2) is 0 Å². The molecule has 2 aromatic rings. The maximum Gasteiger partial charge on any atom is 0.265 e. The van der Waals surface area contributed by atoms with Gasteiger partial charge in [0.25, 0.3) is 5.91 Å². The van der Waals surface area contributed by atoms with E-state index in [0.717, 1.165) is 35.8 Å². The lowest BCUT2D eigenvalue weighted by Crippen LogP contribution is -2.29. The molecule has 1 aromatic heterocycles. The summed E-state index contributed by atoms with van der Waals surface area (Å²) in [6.45, 7) is 4.05. The van der Waals surface area contributed by atoms with E-state index < -0.39 is 0 Å². The Morgan fingerprint density at radius 3 is 3.05 bits per heavy atom. The number of thiazole rings is 1. The molecular formula is C16H18ClN3OS. The maximum atomic E-state index is 12.7. The summed E-state index contributed by atoms with van der Waals surface area (Å²) in [6.07, 6.45) is 0.987. The molecule has 116 valence electrons. The number of nitrogens with two attached hydrogens (primary N) is 1. The summed E-state index contributed by atoms with van der Waals surface area (Å²) in [5.74, 6) is 0.490. The van der Waals surface area contributed by atoms with Gasteiger partial charge >= 0.3 is 0 Å². The van der Waals surface area contributed by atoms with Crippen molar-refractivity contribution < 1.29 is 4.79 Å². The van der Waals surface area contributed by atoms with Crippen LogP contribution in [0.15, 0.2) is 24.3 Å². The summed E-state index contributed by atoms with van der Waals surface area (Å²) in [5, 5.41) is 1.50. The van der Waals surface area contributed by atoms with Gasteiger partial charge < -0.3 is 10.6 Å². The van der Waals surface area contributed by atoms with Gasteiger partial charge in [0.1, 0.15) is 9.88 Å². The van der Waals surface area contributed by atoms with Crippen LogP contribution in [-0.2, 0) is 0 Å². The average Bonchev–Trinajstić information content (AvgIpc) is 3.13. The fourth-order valence-corrected chi connectivity index (χ4v) is 3.91. The molecule has 1 atom stereocenters. The van der Waals surface area contributed by atoms with Crippen molar-refractivity contribution in [2.24, 2.45) is 11.7 Å². The lowest BCUT2D eigenvalue weighted by atomic mass is 10.1. The van der Waals surface area contributed by atoms with E-state index in [1.807, 2.05) is 36.1 Å². The van der Waals surface area contributed by atoms with E-state index in [0.29, 0.717) is 22.4 Å². The van der Waals surface area contributed by atoms with Gasteiger partial charge in [-0.05, 0) is 37.9 Å². The van der Waals surface area contributed by atoms with Crippen molar-refractivity contribution in [3.8, 4) is 10.6 Å². The minimum Gasteiger partial charge on any atom is -0.338 e. The van der Waals surface area contributed by atoms with Gasteiger partial charge in [0, 0.05) is 23.7 Å². The van der Waals surface area contributed by atoms with Crippen LogP contribution in [0.4, 0.5) is 0 Å². The molecule has 1 saturated heterocycles. The van der Waals surface area contributed by atoms with E-state index in [-0.39, 0.29) is 5.91 Å². The summed E-state index contributed by atoms with van der Waals surface area (Å²) in [5.41, 5.74) is 7.42. The Bertz CT molecular complexity index is 700. The molecule has 2 N–H and O–H groups in total. The van der Waals surface area contributed by atoms with Crippen LogP contribution in [0.3, 0.4) is 0 Å². The summed E-state index contributed by atoms with van der Waals surface area (Å²) >= 11 is 7.46. The molecule has 1 aliphatic heterocycles. The molecule has 1 unspecified atom stereocenters. The zero-order valence-corrected chi connectivity index (χ0v) is 14.0. The Hall–Kier alpha value is -1.43. The lowest BCUT2D eigenvalue weighted by Gasteiger charge is -2.15. The molecule has 0 bridgehead atoms. The predicted octanol–water partition coefficient (Wildman–Crippen LogP) is 3.19. The largest absolute Gasteiger partial charge is 0.338 e. The quantitative estimate of drug-likeness (QED) is 0.937. The maximum absolute atomic E-state index is 12.7. The molecule has 0 radical (unpaired) electrons. The number of halogens is 1. The van der Waals surface area contributed by atoms with Gasteiger partial charge in [-0.3, -0.25) is 4.79 Å². The van der Waals surface area contributed by atoms with Crippen molar-refractivity contribution in [2.45, 2.75) is 13.3 Å². The Balaban J connectivity index is 1.85. The zero-order valence-electron chi connectivity index (χ0n) is 12.4. The molecule has 0 aliphatic carbocycles. The van der Waals surface area contributed by atoms with Crippen molar-refractivity contribution in [1.29, 1.82) is 0 Å². The van der Waals surface area contributed by atoms with Crippen molar-refractivity contribution in [3.05, 3.63) is 39.9 Å². The number of likely N-dealkylation sites (tertiary alicyclic amines) is 1. The highest BCUT2D eigenvalue weighted by atomic mass is 35.5. The Kier molecular flexibility index (Phi) is 4.47. The van der Waals surface area contributed by atoms with Gasteiger partial charge in [-0.2, -0.15) is 0 Å². The molecule has 0 spiro atoms. The summed E-state index contributed by atoms with van der Waals surface area (Å²) in [4.78, 5) is 19.8. The van der Waals surface area contributed by atoms with Crippen LogP contribution in [0.25, 0.3) is 10.6 Å². The van der Waals surface area contributed by atoms with Crippen molar-refractivity contribution in [3.63, 3.8) is 0 Å². The van der Waals surface area contributed by atoms with E-state index in [4.69, 9.17) is 17.3 Å². The fraction of sp³-hybridized carbons (Fsp3) is 0.375. The lowest BCUT2D eigenvalue weighted by molar-refractivity contribution is 0.0791. The molecule has 4 nitrogen and oxygen atoms in total. The summed E-state index contributed by atoms with van der Waals surface area (Å²) in [6, 6.07) is 7.55. The molecule has 6 heteroatoms. The van der Waals surface area contributed by atoms with Crippen LogP contribution in [0, 0.1) is 12.8 Å². The Labute approximate surface area is 138 Å². The Morgan fingerprint density at radius 1 is 1.55 bits per heavy atom. The normalized spacial score (nSPS) is 18.0. The molecular weight excluding hydrogens is 318 g/mol. The van der Waals surface area contributed by atoms with E-state index in [2.05, 4.69) is 4.98 Å². The smallest absolute Gasteiger partial charge is 0.265 e. The van der Waals surface area contributed by atoms with Crippen LogP contribution < -0.4 is 5.73 Å². The number of hydrogen-bond acceptors (Lipinski definition) is 4. The Morgan fingerprint density at radius 2 is 2.36 bits per heavy atom. The number of amides is 1. The molecule has 1 aliphatic rings. The van der Waals surface area contributed by atoms with Gasteiger partial charge in [-0.25, -0.2) is 4.98 Å². The van der Waals surface area contributed by atoms with Gasteiger partial charge in [0.05, 0.1) is 5.69 Å². The third-order valence-electron chi connectivity index (χ3n) is 3.97. The van der Waals surface area contributed by atoms with Crippen LogP contribution in [0.2, 0.25) is 5.02 Å². The van der Waals surface area contributed by atoms with Crippen molar-refractivity contribution >= 4 is 28.8 Å². The first-order valence-electron chi connectivity index (χ1n) is 7.31. The SMILES string of the molecule is Cc1nc(-c2cccc(Cl)c2)sc1C(=O)N1CCC(CN)C1. The molecule has 3 rings (SSSR count). The molecule has 0 saturated carbocycles. The monoisotopic (exact) mass is 335 g/mol. The molecule has 1 fully saturated rings. The standard InChI is InChI=1S/C16H18ClN3OS/c1-10-14(16(21)20-6-5-11(8-18)9-20)22-15(19-10)12-3-2-4-13(17)7-12/h2-4,7,11H,5-6,8-9,18H2,1H3. The van der Waals surface area contributed by atoms with E-state index >= 15 is 0 Å². The molecule has 1 aromatic carbocycles. The number of nitrogens with zero attached hydrogens (tertiary/aromatic N) is 2. The zero-order chi connectivity index (χ0) is 15.7. The highest BCUT2D eigenvalue weighted by molar-refractivity contribution is 7.17. The summed E-state index contributed by atoms with van der Waals surface area (Å²) in [7, 11) is 0. The minimum absolute atomic E-state index is 0.0687. The number of aromatic nitrogens is 1. The van der Waals surface area contributed by atoms with Crippen molar-refractivity contribution in [2.75, 3.05) is 19.6 Å². The van der Waals surface area contributed by atoms with Crippen LogP contribution in [0.1, 0.15) is 21.8 Å². The summed E-state index contributed by atoms with van der Waals surface area (Å²) < 4.78 is 0. The first-order valence-corrected chi connectivity index (χ1v) is 8.50. The van der Waals surface area contributed by atoms with Crippen LogP contribution >= 0.6 is 22.9 Å². The van der Waals surface area contributed by atoms with E-state index in [1.165, 1.54) is 11.3 Å². The van der Waals surface area contributed by atoms with Crippen LogP contribution in [-0.4, -0.2) is 35.4 Å². The van der Waals surface area contributed by atoms with Crippen LogP contribution in [0.5, 0.6) is 0 Å². The number of carbonyl (C=O) groups excluding carboxylic acids is 1. The van der Waals surface area contributed by atoms with E-state index in [1.54, 1.807) is 0 Å². The first kappa shape index (κ1) is 15.5. The second-order valence-corrected chi connectivity index (χ2v) is 7.02.